The molecule has 0 atom stereocenters. The van der Waals surface area contributed by atoms with Crippen molar-refractivity contribution in [3.05, 3.63) is 59.4 Å². The molecule has 0 aromatic heterocycles. The molecule has 0 heterocycles. The van der Waals surface area contributed by atoms with Gasteiger partial charge in [0.15, 0.2) is 0 Å². The molecule has 2 nitrogen and oxygen atoms in total. The predicted molar refractivity (Wildman–Crippen MR) is 77.7 cm³/mol. The molecule has 104 valence electrons. The van der Waals surface area contributed by atoms with Gasteiger partial charge in [-0.3, -0.25) is 4.79 Å². The van der Waals surface area contributed by atoms with Gasteiger partial charge in [0, 0.05) is 9.79 Å². The van der Waals surface area contributed by atoms with Gasteiger partial charge in [-0.15, -0.1) is 0 Å². The number of carboxylic acid groups (broad SMARTS) is 1. The Bertz CT molecular complexity index is 608. The molecule has 0 fully saturated rings. The molecule has 0 aliphatic carbocycles. The van der Waals surface area contributed by atoms with Crippen molar-refractivity contribution in [1.82, 2.24) is 0 Å². The summed E-state index contributed by atoms with van der Waals surface area (Å²) in [6, 6.07) is 12.5. The van der Waals surface area contributed by atoms with Gasteiger partial charge in [0.25, 0.3) is 0 Å². The van der Waals surface area contributed by atoms with Gasteiger partial charge in [-0.05, 0) is 41.8 Å². The Balaban J connectivity index is 2.10. The lowest BCUT2D eigenvalue weighted by atomic mass is 10.1. The van der Waals surface area contributed by atoms with Crippen molar-refractivity contribution in [2.24, 2.45) is 0 Å². The molecule has 4 heteroatoms. The highest BCUT2D eigenvalue weighted by atomic mass is 32.2. The molecule has 1 N–H and O–H groups in total. The van der Waals surface area contributed by atoms with Crippen molar-refractivity contribution >= 4 is 17.7 Å². The lowest BCUT2D eigenvalue weighted by Crippen LogP contribution is -1.99. The highest BCUT2D eigenvalue weighted by Gasteiger charge is 2.04. The summed E-state index contributed by atoms with van der Waals surface area (Å²) in [6.45, 7) is 1.92. The van der Waals surface area contributed by atoms with E-state index in [4.69, 9.17) is 5.11 Å². The summed E-state index contributed by atoms with van der Waals surface area (Å²) in [7, 11) is 0. The van der Waals surface area contributed by atoms with Crippen LogP contribution in [0, 0.1) is 5.82 Å². The molecule has 0 spiro atoms. The summed E-state index contributed by atoms with van der Waals surface area (Å²) in [6.07, 6.45) is 0.700. The highest BCUT2D eigenvalue weighted by molar-refractivity contribution is 7.99. The largest absolute Gasteiger partial charge is 0.481 e. The van der Waals surface area contributed by atoms with E-state index in [9.17, 15) is 9.18 Å². The van der Waals surface area contributed by atoms with Crippen LogP contribution < -0.4 is 0 Å². The number of rotatable bonds is 5. The molecule has 0 saturated carbocycles. The Hall–Kier alpha value is -1.81. The second-order valence-electron chi connectivity index (χ2n) is 4.42. The standard InChI is InChI=1S/C16H15FO2S/c1-2-12-5-8-14(10-15(12)17)20-13-6-3-11(4-7-13)9-16(18)19/h3-8,10H,2,9H2,1H3,(H,18,19). The number of aliphatic carboxylic acids is 1. The van der Waals surface area contributed by atoms with Crippen molar-refractivity contribution < 1.29 is 14.3 Å². The Labute approximate surface area is 121 Å². The molecule has 0 unspecified atom stereocenters. The third-order valence-electron chi connectivity index (χ3n) is 2.92. The summed E-state index contributed by atoms with van der Waals surface area (Å²) < 4.78 is 13.7. The minimum atomic E-state index is -0.845. The summed E-state index contributed by atoms with van der Waals surface area (Å²) in [4.78, 5) is 12.4. The van der Waals surface area contributed by atoms with Gasteiger partial charge < -0.3 is 5.11 Å². The molecule has 2 aromatic carbocycles. The van der Waals surface area contributed by atoms with E-state index in [1.54, 1.807) is 18.2 Å². The summed E-state index contributed by atoms with van der Waals surface area (Å²) >= 11 is 1.46. The zero-order valence-electron chi connectivity index (χ0n) is 11.1. The lowest BCUT2D eigenvalue weighted by Gasteiger charge is -2.05. The van der Waals surface area contributed by atoms with Crippen LogP contribution in [0.3, 0.4) is 0 Å². The maximum Gasteiger partial charge on any atom is 0.307 e. The molecule has 0 bridgehead atoms. The Morgan fingerprint density at radius 3 is 2.35 bits per heavy atom. The molecule has 0 aliphatic rings. The van der Waals surface area contributed by atoms with Gasteiger partial charge in [0.05, 0.1) is 6.42 Å². The third-order valence-corrected chi connectivity index (χ3v) is 3.92. The normalized spacial score (nSPS) is 10.5. The number of benzene rings is 2. The first-order valence-electron chi connectivity index (χ1n) is 6.35. The molecule has 2 rings (SSSR count). The molecule has 0 saturated heterocycles. The van der Waals surface area contributed by atoms with Crippen LogP contribution in [0.15, 0.2) is 52.3 Å². The second-order valence-corrected chi connectivity index (χ2v) is 5.57. The van der Waals surface area contributed by atoms with E-state index in [0.29, 0.717) is 12.0 Å². The van der Waals surface area contributed by atoms with Gasteiger partial charge in [-0.2, -0.15) is 0 Å². The van der Waals surface area contributed by atoms with Gasteiger partial charge in [0.2, 0.25) is 0 Å². The fourth-order valence-electron chi connectivity index (χ4n) is 1.86. The highest BCUT2D eigenvalue weighted by Crippen LogP contribution is 2.29. The van der Waals surface area contributed by atoms with E-state index in [0.717, 1.165) is 15.4 Å². The summed E-state index contributed by atoms with van der Waals surface area (Å²) in [5.41, 5.74) is 1.47. The molecular formula is C16H15FO2S. The van der Waals surface area contributed by atoms with Crippen LogP contribution in [0.4, 0.5) is 4.39 Å². The third kappa shape index (κ3) is 3.84. The Morgan fingerprint density at radius 2 is 1.80 bits per heavy atom. The van der Waals surface area contributed by atoms with Crippen LogP contribution in [0.2, 0.25) is 0 Å². The molecule has 0 amide bonds. The minimum Gasteiger partial charge on any atom is -0.481 e. The lowest BCUT2D eigenvalue weighted by molar-refractivity contribution is -0.136. The van der Waals surface area contributed by atoms with E-state index >= 15 is 0 Å². The van der Waals surface area contributed by atoms with Gasteiger partial charge in [-0.1, -0.05) is 36.9 Å². The number of hydrogen-bond acceptors (Lipinski definition) is 2. The maximum absolute atomic E-state index is 13.7. The average Bonchev–Trinajstić information content (AvgIpc) is 2.41. The van der Waals surface area contributed by atoms with Crippen molar-refractivity contribution in [2.75, 3.05) is 0 Å². The molecule has 20 heavy (non-hydrogen) atoms. The zero-order valence-corrected chi connectivity index (χ0v) is 11.9. The number of carboxylic acids is 1. The van der Waals surface area contributed by atoms with Gasteiger partial charge >= 0.3 is 5.97 Å². The molecule has 0 radical (unpaired) electrons. The second kappa shape index (κ2) is 6.57. The topological polar surface area (TPSA) is 37.3 Å². The zero-order chi connectivity index (χ0) is 14.5. The Morgan fingerprint density at radius 1 is 1.15 bits per heavy atom. The Kier molecular flexibility index (Phi) is 4.79. The van der Waals surface area contributed by atoms with Crippen molar-refractivity contribution in [3.8, 4) is 0 Å². The van der Waals surface area contributed by atoms with Crippen molar-refractivity contribution in [2.45, 2.75) is 29.6 Å². The SMILES string of the molecule is CCc1ccc(Sc2ccc(CC(=O)O)cc2)cc1F. The maximum atomic E-state index is 13.7. The molecule has 2 aromatic rings. The van der Waals surface area contributed by atoms with Crippen molar-refractivity contribution in [3.63, 3.8) is 0 Å². The quantitative estimate of drug-likeness (QED) is 0.898. The average molecular weight is 290 g/mol. The number of carbonyl (C=O) groups is 1. The van der Waals surface area contributed by atoms with Crippen LogP contribution in [0.5, 0.6) is 0 Å². The molecule has 0 aliphatic heterocycles. The molecular weight excluding hydrogens is 275 g/mol. The smallest absolute Gasteiger partial charge is 0.307 e. The fraction of sp³-hybridized carbons (Fsp3) is 0.188. The first kappa shape index (κ1) is 14.6. The van der Waals surface area contributed by atoms with E-state index in [1.807, 2.05) is 25.1 Å². The first-order valence-corrected chi connectivity index (χ1v) is 7.17. The van der Waals surface area contributed by atoms with E-state index < -0.39 is 5.97 Å². The van der Waals surface area contributed by atoms with Crippen LogP contribution in [0.1, 0.15) is 18.1 Å². The van der Waals surface area contributed by atoms with Crippen LogP contribution in [-0.4, -0.2) is 11.1 Å². The van der Waals surface area contributed by atoms with Crippen LogP contribution in [0.25, 0.3) is 0 Å². The summed E-state index contributed by atoms with van der Waals surface area (Å²) in [5.74, 6) is -1.03. The number of hydrogen-bond donors (Lipinski definition) is 1. The summed E-state index contributed by atoms with van der Waals surface area (Å²) in [5, 5.41) is 8.70. The van der Waals surface area contributed by atoms with Gasteiger partial charge in [-0.25, -0.2) is 4.39 Å². The van der Waals surface area contributed by atoms with Crippen LogP contribution in [-0.2, 0) is 17.6 Å². The van der Waals surface area contributed by atoms with Crippen LogP contribution >= 0.6 is 11.8 Å². The number of aryl methyl sites for hydroxylation is 1. The van der Waals surface area contributed by atoms with E-state index in [2.05, 4.69) is 0 Å². The van der Waals surface area contributed by atoms with Crippen molar-refractivity contribution in [1.29, 1.82) is 0 Å². The van der Waals surface area contributed by atoms with E-state index in [-0.39, 0.29) is 12.2 Å². The monoisotopic (exact) mass is 290 g/mol. The minimum absolute atomic E-state index is 0.0186. The predicted octanol–water partition coefficient (Wildman–Crippen LogP) is 4.17. The first-order chi connectivity index (χ1) is 9.58. The number of halogens is 1. The fourth-order valence-corrected chi connectivity index (χ4v) is 2.71. The van der Waals surface area contributed by atoms with Gasteiger partial charge in [0.1, 0.15) is 5.82 Å². The van der Waals surface area contributed by atoms with E-state index in [1.165, 1.54) is 17.8 Å².